The van der Waals surface area contributed by atoms with Gasteiger partial charge in [-0.05, 0) is 61.8 Å². The van der Waals surface area contributed by atoms with E-state index in [1.54, 1.807) is 36.0 Å². The maximum Gasteiger partial charge on any atom is 0.341 e. The van der Waals surface area contributed by atoms with E-state index in [9.17, 15) is 13.2 Å². The predicted molar refractivity (Wildman–Crippen MR) is 101 cm³/mol. The number of methoxy groups -OCH3 is 1. The van der Waals surface area contributed by atoms with Crippen LogP contribution in [0.15, 0.2) is 34.1 Å². The van der Waals surface area contributed by atoms with E-state index in [4.69, 9.17) is 4.74 Å². The zero-order valence-corrected chi connectivity index (χ0v) is 16.4. The van der Waals surface area contributed by atoms with Crippen LogP contribution < -0.4 is 4.72 Å². The maximum absolute atomic E-state index is 12.7. The van der Waals surface area contributed by atoms with E-state index >= 15 is 0 Å². The van der Waals surface area contributed by atoms with Gasteiger partial charge in [-0.3, -0.25) is 4.72 Å². The van der Waals surface area contributed by atoms with Crippen LogP contribution in [0.1, 0.15) is 33.6 Å². The normalized spacial score (nSPS) is 14.0. The van der Waals surface area contributed by atoms with Gasteiger partial charge >= 0.3 is 5.97 Å². The van der Waals surface area contributed by atoms with Crippen molar-refractivity contribution >= 4 is 44.1 Å². The fourth-order valence-corrected chi connectivity index (χ4v) is 5.88. The Hall–Kier alpha value is -1.51. The van der Waals surface area contributed by atoms with Crippen molar-refractivity contribution in [1.82, 2.24) is 0 Å². The highest BCUT2D eigenvalue weighted by Gasteiger charge is 2.28. The Balaban J connectivity index is 1.98. The Morgan fingerprint density at radius 3 is 2.52 bits per heavy atom. The van der Waals surface area contributed by atoms with Crippen molar-refractivity contribution in [1.29, 1.82) is 0 Å². The molecule has 1 aliphatic carbocycles. The predicted octanol–water partition coefficient (Wildman–Crippen LogP) is 3.94. The summed E-state index contributed by atoms with van der Waals surface area (Å²) in [6.07, 6.45) is 5.63. The van der Waals surface area contributed by atoms with E-state index in [1.807, 2.05) is 6.26 Å². The number of anilines is 1. The van der Waals surface area contributed by atoms with Gasteiger partial charge in [-0.1, -0.05) is 0 Å². The summed E-state index contributed by atoms with van der Waals surface area (Å²) in [5.74, 6) is -0.491. The molecular formula is C17H19NO4S3. The molecule has 1 N–H and O–H groups in total. The van der Waals surface area contributed by atoms with Crippen LogP contribution in [0.5, 0.6) is 0 Å². The molecule has 134 valence electrons. The Labute approximate surface area is 155 Å². The number of sulfonamides is 1. The van der Waals surface area contributed by atoms with Crippen molar-refractivity contribution in [3.63, 3.8) is 0 Å². The minimum Gasteiger partial charge on any atom is -0.465 e. The number of benzene rings is 1. The van der Waals surface area contributed by atoms with Gasteiger partial charge in [0.05, 0.1) is 17.6 Å². The average molecular weight is 398 g/mol. The number of nitrogens with one attached hydrogen (secondary N) is 1. The van der Waals surface area contributed by atoms with E-state index in [1.165, 1.54) is 18.4 Å². The van der Waals surface area contributed by atoms with Crippen molar-refractivity contribution in [2.75, 3.05) is 18.1 Å². The highest BCUT2D eigenvalue weighted by molar-refractivity contribution is 7.98. The molecule has 5 nitrogen and oxygen atoms in total. The zero-order valence-electron chi connectivity index (χ0n) is 14.0. The number of thiophene rings is 1. The third-order valence-corrected chi connectivity index (χ3v) is 7.60. The Morgan fingerprint density at radius 1 is 1.20 bits per heavy atom. The molecule has 8 heteroatoms. The Kier molecular flexibility index (Phi) is 5.41. The number of carbonyl (C=O) groups is 1. The first-order valence-electron chi connectivity index (χ1n) is 7.86. The molecule has 0 atom stereocenters. The molecule has 2 aromatic rings. The smallest absolute Gasteiger partial charge is 0.341 e. The van der Waals surface area contributed by atoms with E-state index in [0.717, 1.165) is 41.0 Å². The van der Waals surface area contributed by atoms with Crippen molar-refractivity contribution in [3.05, 3.63) is 40.3 Å². The molecule has 0 fully saturated rings. The van der Waals surface area contributed by atoms with Gasteiger partial charge in [-0.15, -0.1) is 23.1 Å². The number of fused-ring (bicyclic) bond motifs is 1. The molecule has 0 radical (unpaired) electrons. The summed E-state index contributed by atoms with van der Waals surface area (Å²) >= 11 is 2.88. The standard InChI is InChI=1S/C17H19NO4S3/c1-22-17(19)15-13-5-3-4-6-14(13)24-16(15)18-25(20,21)12-9-7-11(23-2)8-10-12/h7-10,18H,3-6H2,1-2H3. The van der Waals surface area contributed by atoms with Crippen LogP contribution in [0.25, 0.3) is 0 Å². The molecule has 1 heterocycles. The summed E-state index contributed by atoms with van der Waals surface area (Å²) in [6.45, 7) is 0. The summed E-state index contributed by atoms with van der Waals surface area (Å²) in [5.41, 5.74) is 1.30. The average Bonchev–Trinajstić information content (AvgIpc) is 2.98. The van der Waals surface area contributed by atoms with Crippen LogP contribution in [-0.4, -0.2) is 27.8 Å². The molecule has 0 saturated heterocycles. The van der Waals surface area contributed by atoms with Gasteiger partial charge in [0.1, 0.15) is 5.00 Å². The summed E-state index contributed by atoms with van der Waals surface area (Å²) < 4.78 is 32.9. The molecule has 0 unspecified atom stereocenters. The second-order valence-electron chi connectivity index (χ2n) is 5.69. The lowest BCUT2D eigenvalue weighted by Gasteiger charge is -2.12. The maximum atomic E-state index is 12.7. The quantitative estimate of drug-likeness (QED) is 0.611. The van der Waals surface area contributed by atoms with E-state index in [0.29, 0.717) is 10.6 Å². The third-order valence-electron chi connectivity index (χ3n) is 4.16. The number of aryl methyl sites for hydroxylation is 1. The topological polar surface area (TPSA) is 72.5 Å². The van der Waals surface area contributed by atoms with Gasteiger partial charge in [-0.2, -0.15) is 0 Å². The van der Waals surface area contributed by atoms with Crippen LogP contribution in [-0.2, 0) is 27.6 Å². The molecule has 25 heavy (non-hydrogen) atoms. The number of thioether (sulfide) groups is 1. The monoisotopic (exact) mass is 397 g/mol. The lowest BCUT2D eigenvalue weighted by molar-refractivity contribution is 0.0601. The van der Waals surface area contributed by atoms with E-state index < -0.39 is 16.0 Å². The Morgan fingerprint density at radius 2 is 1.88 bits per heavy atom. The first-order valence-corrected chi connectivity index (χ1v) is 11.4. The summed E-state index contributed by atoms with van der Waals surface area (Å²) in [6, 6.07) is 6.67. The molecule has 0 aliphatic heterocycles. The zero-order chi connectivity index (χ0) is 18.0. The van der Waals surface area contributed by atoms with Gasteiger partial charge in [-0.25, -0.2) is 13.2 Å². The van der Waals surface area contributed by atoms with Crippen molar-refractivity contribution < 1.29 is 17.9 Å². The minimum atomic E-state index is -3.76. The van der Waals surface area contributed by atoms with Gasteiger partial charge in [0.2, 0.25) is 0 Å². The first-order chi connectivity index (χ1) is 12.0. The number of ether oxygens (including phenoxy) is 1. The fraction of sp³-hybridized carbons (Fsp3) is 0.353. The SMILES string of the molecule is COC(=O)c1c(NS(=O)(=O)c2ccc(SC)cc2)sc2c1CCCC2. The molecule has 0 spiro atoms. The molecular weight excluding hydrogens is 378 g/mol. The number of rotatable bonds is 5. The number of hydrogen-bond acceptors (Lipinski definition) is 6. The fourth-order valence-electron chi connectivity index (χ4n) is 2.89. The molecule has 1 aromatic carbocycles. The van der Waals surface area contributed by atoms with Crippen LogP contribution in [0.4, 0.5) is 5.00 Å². The van der Waals surface area contributed by atoms with Gasteiger partial charge < -0.3 is 4.74 Å². The molecule has 0 saturated carbocycles. The van der Waals surface area contributed by atoms with Crippen molar-refractivity contribution in [2.24, 2.45) is 0 Å². The Bertz CT molecular complexity index is 885. The van der Waals surface area contributed by atoms with Gasteiger partial charge in [0.15, 0.2) is 0 Å². The third kappa shape index (κ3) is 3.70. The minimum absolute atomic E-state index is 0.174. The van der Waals surface area contributed by atoms with Gasteiger partial charge in [0, 0.05) is 9.77 Å². The lowest BCUT2D eigenvalue weighted by Crippen LogP contribution is -2.15. The molecule has 0 bridgehead atoms. The van der Waals surface area contributed by atoms with Crippen molar-refractivity contribution in [2.45, 2.75) is 35.5 Å². The van der Waals surface area contributed by atoms with Crippen molar-refractivity contribution in [3.8, 4) is 0 Å². The largest absolute Gasteiger partial charge is 0.465 e. The van der Waals surface area contributed by atoms with Crippen LogP contribution in [0.3, 0.4) is 0 Å². The van der Waals surface area contributed by atoms with Crippen LogP contribution >= 0.6 is 23.1 Å². The lowest BCUT2D eigenvalue weighted by atomic mass is 9.95. The molecule has 1 aliphatic rings. The molecule has 3 rings (SSSR count). The molecule has 1 aromatic heterocycles. The van der Waals surface area contributed by atoms with Crippen LogP contribution in [0, 0.1) is 0 Å². The number of hydrogen-bond donors (Lipinski definition) is 1. The second kappa shape index (κ2) is 7.39. The summed E-state index contributed by atoms with van der Waals surface area (Å²) in [7, 11) is -2.44. The van der Waals surface area contributed by atoms with Crippen LogP contribution in [0.2, 0.25) is 0 Å². The van der Waals surface area contributed by atoms with E-state index in [-0.39, 0.29) is 4.90 Å². The summed E-state index contributed by atoms with van der Waals surface area (Å²) in [4.78, 5) is 14.5. The number of esters is 1. The summed E-state index contributed by atoms with van der Waals surface area (Å²) in [5, 5.41) is 0.354. The van der Waals surface area contributed by atoms with E-state index in [2.05, 4.69) is 4.72 Å². The van der Waals surface area contributed by atoms with Gasteiger partial charge in [0.25, 0.3) is 10.0 Å². The first kappa shape index (κ1) is 18.3. The highest BCUT2D eigenvalue weighted by atomic mass is 32.2. The molecule has 0 amide bonds. The second-order valence-corrected chi connectivity index (χ2v) is 9.35. The highest BCUT2D eigenvalue weighted by Crippen LogP contribution is 2.39. The number of carbonyl (C=O) groups excluding carboxylic acids is 1.